The second-order valence-electron chi connectivity index (χ2n) is 5.25. The Morgan fingerprint density at radius 2 is 1.58 bits per heavy atom. The maximum atomic E-state index is 12.2. The van der Waals surface area contributed by atoms with Crippen molar-refractivity contribution in [3.05, 3.63) is 107 Å². The molecule has 3 heteroatoms. The van der Waals surface area contributed by atoms with Crippen molar-refractivity contribution in [3.63, 3.8) is 0 Å². The van der Waals surface area contributed by atoms with Crippen LogP contribution < -0.4 is 0 Å². The van der Waals surface area contributed by atoms with E-state index in [0.717, 1.165) is 15.9 Å². The molecule has 0 fully saturated rings. The highest BCUT2D eigenvalue weighted by Crippen LogP contribution is 2.04. The molecular weight excluding hydrogens is 296 g/mol. The minimum atomic E-state index is 0.293. The number of hydrogen-bond donors (Lipinski definition) is 0. The molecule has 0 saturated heterocycles. The molecular formula is C21H16N2O. The molecule has 0 unspecified atom stereocenters. The van der Waals surface area contributed by atoms with Crippen LogP contribution in [-0.2, 0) is 6.54 Å². The fourth-order valence-corrected chi connectivity index (χ4v) is 2.24. The number of hydrogen-bond acceptors (Lipinski definition) is 2. The Kier molecular flexibility index (Phi) is 5.01. The number of nitrogens with zero attached hydrogens (tertiary/aromatic N) is 2. The van der Waals surface area contributed by atoms with Gasteiger partial charge in [0.05, 0.1) is 5.56 Å². The first-order chi connectivity index (χ1) is 11.8. The van der Waals surface area contributed by atoms with Gasteiger partial charge in [0.1, 0.15) is 5.69 Å². The first-order valence-electron chi connectivity index (χ1n) is 7.66. The van der Waals surface area contributed by atoms with Crippen LogP contribution in [0.1, 0.15) is 22.4 Å². The van der Waals surface area contributed by atoms with Crippen molar-refractivity contribution in [3.8, 4) is 11.8 Å². The molecule has 0 aliphatic carbocycles. The molecule has 116 valence electrons. The molecule has 0 atom stereocenters. The van der Waals surface area contributed by atoms with Gasteiger partial charge in [0.15, 0.2) is 12.8 Å². The van der Waals surface area contributed by atoms with Gasteiger partial charge in [0.25, 0.3) is 0 Å². The molecule has 0 aliphatic heterocycles. The highest BCUT2D eigenvalue weighted by atomic mass is 16.5. The van der Waals surface area contributed by atoms with Crippen molar-refractivity contribution >= 4 is 6.21 Å². The Hall–Kier alpha value is -3.38. The predicted octanol–water partition coefficient (Wildman–Crippen LogP) is 3.61. The molecule has 0 spiro atoms. The standard InChI is InChI=1S/C21H16N2O/c24-23(16-19-10-5-2-6-11-19)17-20-12-7-15-22-21(20)14-13-18-8-3-1-4-9-18/h1-12,15,17H,16H2/b23-17-. The van der Waals surface area contributed by atoms with Crippen LogP contribution in [0, 0.1) is 17.0 Å². The van der Waals surface area contributed by atoms with Gasteiger partial charge in [0.2, 0.25) is 0 Å². The Balaban J connectivity index is 1.84. The predicted molar refractivity (Wildman–Crippen MR) is 95.6 cm³/mol. The molecule has 1 heterocycles. The van der Waals surface area contributed by atoms with E-state index in [1.165, 1.54) is 6.21 Å². The molecule has 0 aliphatic rings. The minimum Gasteiger partial charge on any atom is -0.624 e. The maximum absolute atomic E-state index is 12.2. The Bertz CT molecular complexity index is 891. The third-order valence-electron chi connectivity index (χ3n) is 3.40. The van der Waals surface area contributed by atoms with Crippen LogP contribution in [0.25, 0.3) is 0 Å². The minimum absolute atomic E-state index is 0.293. The molecule has 1 aromatic heterocycles. The van der Waals surface area contributed by atoms with E-state index in [4.69, 9.17) is 0 Å². The van der Waals surface area contributed by atoms with Gasteiger partial charge in [-0.15, -0.1) is 0 Å². The molecule has 0 radical (unpaired) electrons. The lowest BCUT2D eigenvalue weighted by Gasteiger charge is -2.04. The van der Waals surface area contributed by atoms with Gasteiger partial charge in [-0.3, -0.25) is 0 Å². The fraction of sp³-hybridized carbons (Fsp3) is 0.0476. The van der Waals surface area contributed by atoms with Crippen LogP contribution in [0.15, 0.2) is 79.0 Å². The van der Waals surface area contributed by atoms with Crippen molar-refractivity contribution < 1.29 is 4.74 Å². The summed E-state index contributed by atoms with van der Waals surface area (Å²) < 4.78 is 0.903. The molecule has 0 bridgehead atoms. The summed E-state index contributed by atoms with van der Waals surface area (Å²) in [6.07, 6.45) is 3.22. The molecule has 24 heavy (non-hydrogen) atoms. The summed E-state index contributed by atoms with van der Waals surface area (Å²) in [6.45, 7) is 0.293. The van der Waals surface area contributed by atoms with Crippen molar-refractivity contribution in [2.45, 2.75) is 6.54 Å². The quantitative estimate of drug-likeness (QED) is 0.244. The lowest BCUT2D eigenvalue weighted by molar-refractivity contribution is -0.469. The van der Waals surface area contributed by atoms with E-state index in [-0.39, 0.29) is 0 Å². The van der Waals surface area contributed by atoms with Gasteiger partial charge < -0.3 is 5.21 Å². The topological polar surface area (TPSA) is 39.0 Å². The molecule has 0 amide bonds. The second-order valence-corrected chi connectivity index (χ2v) is 5.25. The van der Waals surface area contributed by atoms with E-state index in [1.807, 2.05) is 66.7 Å². The SMILES string of the molecule is [O-]/[N+](=C\c1cccnc1C#Cc1ccccc1)Cc1ccccc1. The molecule has 0 saturated carbocycles. The van der Waals surface area contributed by atoms with Gasteiger partial charge >= 0.3 is 0 Å². The van der Waals surface area contributed by atoms with Crippen LogP contribution in [-0.4, -0.2) is 15.9 Å². The van der Waals surface area contributed by atoms with Gasteiger partial charge in [-0.05, 0) is 30.2 Å². The zero-order valence-corrected chi connectivity index (χ0v) is 13.1. The van der Waals surface area contributed by atoms with Crippen LogP contribution in [0.3, 0.4) is 0 Å². The van der Waals surface area contributed by atoms with Crippen molar-refractivity contribution in [1.29, 1.82) is 0 Å². The van der Waals surface area contributed by atoms with Crippen molar-refractivity contribution in [1.82, 2.24) is 4.98 Å². The summed E-state index contributed by atoms with van der Waals surface area (Å²) >= 11 is 0. The Morgan fingerprint density at radius 1 is 0.875 bits per heavy atom. The monoisotopic (exact) mass is 312 g/mol. The van der Waals surface area contributed by atoms with E-state index < -0.39 is 0 Å². The summed E-state index contributed by atoms with van der Waals surface area (Å²) in [5.41, 5.74) is 3.18. The fourth-order valence-electron chi connectivity index (χ4n) is 2.24. The average Bonchev–Trinajstić information content (AvgIpc) is 2.63. The smallest absolute Gasteiger partial charge is 0.184 e. The van der Waals surface area contributed by atoms with Crippen LogP contribution >= 0.6 is 0 Å². The highest BCUT2D eigenvalue weighted by molar-refractivity contribution is 5.79. The average molecular weight is 312 g/mol. The third-order valence-corrected chi connectivity index (χ3v) is 3.40. The molecule has 2 aromatic carbocycles. The van der Waals surface area contributed by atoms with E-state index in [0.29, 0.717) is 17.8 Å². The van der Waals surface area contributed by atoms with Crippen molar-refractivity contribution in [2.75, 3.05) is 0 Å². The first-order valence-corrected chi connectivity index (χ1v) is 7.66. The first kappa shape index (κ1) is 15.5. The van der Waals surface area contributed by atoms with Crippen LogP contribution in [0.4, 0.5) is 0 Å². The van der Waals surface area contributed by atoms with Crippen LogP contribution in [0.2, 0.25) is 0 Å². The van der Waals surface area contributed by atoms with E-state index in [2.05, 4.69) is 16.8 Å². The Labute approximate surface area is 141 Å². The van der Waals surface area contributed by atoms with Crippen molar-refractivity contribution in [2.24, 2.45) is 0 Å². The van der Waals surface area contributed by atoms with Gasteiger partial charge in [0, 0.05) is 17.3 Å². The number of hydroxylamine groups is 1. The van der Waals surface area contributed by atoms with Gasteiger partial charge in [-0.1, -0.05) is 54.5 Å². The molecule has 3 rings (SSSR count). The normalized spacial score (nSPS) is 10.8. The van der Waals surface area contributed by atoms with Crippen LogP contribution in [0.5, 0.6) is 0 Å². The third kappa shape index (κ3) is 4.31. The summed E-state index contributed by atoms with van der Waals surface area (Å²) in [4.78, 5) is 4.28. The van der Waals surface area contributed by atoms with E-state index in [9.17, 15) is 5.21 Å². The highest BCUT2D eigenvalue weighted by Gasteiger charge is 2.03. The summed E-state index contributed by atoms with van der Waals surface area (Å²) in [7, 11) is 0. The largest absolute Gasteiger partial charge is 0.624 e. The van der Waals surface area contributed by atoms with E-state index in [1.54, 1.807) is 12.3 Å². The second kappa shape index (κ2) is 7.75. The maximum Gasteiger partial charge on any atom is 0.184 e. The zero-order chi connectivity index (χ0) is 16.6. The Morgan fingerprint density at radius 3 is 2.33 bits per heavy atom. The zero-order valence-electron chi connectivity index (χ0n) is 13.1. The summed E-state index contributed by atoms with van der Waals surface area (Å²) in [6, 6.07) is 23.0. The van der Waals surface area contributed by atoms with Gasteiger partial charge in [-0.25, -0.2) is 9.72 Å². The lowest BCUT2D eigenvalue weighted by atomic mass is 10.2. The molecule has 3 nitrogen and oxygen atoms in total. The summed E-state index contributed by atoms with van der Waals surface area (Å²) in [5, 5.41) is 12.2. The number of benzene rings is 2. The number of aromatic nitrogens is 1. The van der Waals surface area contributed by atoms with Gasteiger partial charge in [-0.2, -0.15) is 0 Å². The number of rotatable bonds is 3. The molecule has 0 N–H and O–H groups in total. The van der Waals surface area contributed by atoms with E-state index >= 15 is 0 Å². The summed E-state index contributed by atoms with van der Waals surface area (Å²) in [5.74, 6) is 6.11. The number of pyridine rings is 1. The molecule has 3 aromatic rings. The lowest BCUT2D eigenvalue weighted by Crippen LogP contribution is -2.07.